The first-order chi connectivity index (χ1) is 12.4. The molecule has 0 heterocycles. The lowest BCUT2D eigenvalue weighted by Crippen LogP contribution is -2.34. The number of esters is 2. The van der Waals surface area contributed by atoms with E-state index in [4.69, 9.17) is 19.9 Å². The molecule has 26 heavy (non-hydrogen) atoms. The van der Waals surface area contributed by atoms with Gasteiger partial charge in [-0.05, 0) is 39.7 Å². The van der Waals surface area contributed by atoms with Gasteiger partial charge in [-0.25, -0.2) is 9.59 Å². The second kappa shape index (κ2) is 18.5. The third-order valence-electron chi connectivity index (χ3n) is 3.20. The van der Waals surface area contributed by atoms with Crippen molar-refractivity contribution in [2.45, 2.75) is 38.5 Å². The van der Waals surface area contributed by atoms with E-state index in [1.54, 1.807) is 28.1 Å². The topological polar surface area (TPSA) is 106 Å². The van der Waals surface area contributed by atoms with E-state index in [9.17, 15) is 9.59 Å². The first kappa shape index (κ1) is 27.0. The average Bonchev–Trinajstić information content (AvgIpc) is 2.64. The molecule has 0 saturated carbocycles. The molecular weight excluding hydrogens is 358 g/mol. The van der Waals surface area contributed by atoms with Crippen molar-refractivity contribution in [3.8, 4) is 0 Å². The Morgan fingerprint density at radius 3 is 1.81 bits per heavy atom. The molecule has 0 bridgehead atoms. The van der Waals surface area contributed by atoms with Crippen molar-refractivity contribution in [2.75, 3.05) is 47.2 Å². The van der Waals surface area contributed by atoms with Crippen LogP contribution in [0.4, 0.5) is 0 Å². The maximum Gasteiger partial charge on any atom is 0.330 e. The fourth-order valence-corrected chi connectivity index (χ4v) is 1.94. The summed E-state index contributed by atoms with van der Waals surface area (Å²) >= 11 is 0. The van der Waals surface area contributed by atoms with Crippen LogP contribution in [0.1, 0.15) is 33.1 Å². The minimum absolute atomic E-state index is 0.298. The van der Waals surface area contributed by atoms with Crippen molar-refractivity contribution in [2.24, 2.45) is 5.73 Å². The molecule has 8 nitrogen and oxygen atoms in total. The molecule has 154 valence electrons. The van der Waals surface area contributed by atoms with Gasteiger partial charge in [0.15, 0.2) is 0 Å². The normalized spacial score (nSPS) is 11.1. The van der Waals surface area contributed by atoms with E-state index >= 15 is 0 Å². The molecule has 0 unspecified atom stereocenters. The van der Waals surface area contributed by atoms with Crippen LogP contribution in [0.5, 0.6) is 0 Å². The molecule has 0 radical (unpaired) electrons. The van der Waals surface area contributed by atoms with Crippen LogP contribution in [0, 0.1) is 0 Å². The number of hydrogen-bond donors (Lipinski definition) is 1. The fourth-order valence-electron chi connectivity index (χ4n) is 1.59. The number of methoxy groups -OCH3 is 2. The molecule has 0 aliphatic carbocycles. The lowest BCUT2D eigenvalue weighted by molar-refractivity contribution is -0.148. The smallest absolute Gasteiger partial charge is 0.330 e. The van der Waals surface area contributed by atoms with Gasteiger partial charge in [0.05, 0.1) is 23.5 Å². The van der Waals surface area contributed by atoms with E-state index in [1.807, 2.05) is 0 Å². The molecule has 9 heteroatoms. The summed E-state index contributed by atoms with van der Waals surface area (Å²) in [5, 5.41) is 0. The minimum Gasteiger partial charge on any atom is -0.463 e. The number of hydrogen-bond acceptors (Lipinski definition) is 8. The third-order valence-corrected chi connectivity index (χ3v) is 4.52. The van der Waals surface area contributed by atoms with Crippen LogP contribution in [0.25, 0.3) is 0 Å². The van der Waals surface area contributed by atoms with Gasteiger partial charge in [0.25, 0.3) is 0 Å². The van der Waals surface area contributed by atoms with Crippen molar-refractivity contribution in [1.29, 1.82) is 0 Å². The van der Waals surface area contributed by atoms with Gasteiger partial charge in [0.2, 0.25) is 0 Å². The Kier molecular flexibility index (Phi) is 19.2. The van der Waals surface area contributed by atoms with E-state index in [0.29, 0.717) is 19.8 Å². The third kappa shape index (κ3) is 17.6. The highest BCUT2D eigenvalue weighted by Gasteiger charge is 2.20. The maximum absolute atomic E-state index is 10.6. The summed E-state index contributed by atoms with van der Waals surface area (Å²) in [7, 11) is 4.24. The van der Waals surface area contributed by atoms with Crippen LogP contribution in [0.2, 0.25) is 0 Å². The van der Waals surface area contributed by atoms with Gasteiger partial charge < -0.3 is 29.4 Å². The second-order valence-corrected chi connectivity index (χ2v) is 6.76. The Morgan fingerprint density at radius 2 is 1.42 bits per heavy atom. The van der Waals surface area contributed by atoms with E-state index in [1.165, 1.54) is 0 Å². The molecule has 0 saturated heterocycles. The number of ether oxygens (including phenoxy) is 5. The molecule has 0 fully saturated rings. The monoisotopic (exact) mass is 393 g/mol. The highest BCUT2D eigenvalue weighted by atomic mass is 28.1. The Balaban J connectivity index is 0. The highest BCUT2D eigenvalue weighted by molar-refractivity contribution is 6.13. The van der Waals surface area contributed by atoms with Crippen LogP contribution in [0.3, 0.4) is 0 Å². The summed E-state index contributed by atoms with van der Waals surface area (Å²) in [6.07, 6.45) is 4.88. The summed E-state index contributed by atoms with van der Waals surface area (Å²) in [6, 6.07) is 0. The summed E-state index contributed by atoms with van der Waals surface area (Å²) < 4.78 is 25.0. The Morgan fingerprint density at radius 1 is 0.962 bits per heavy atom. The molecule has 0 rings (SSSR count). The zero-order valence-electron chi connectivity index (χ0n) is 16.7. The second-order valence-electron chi connectivity index (χ2n) is 5.24. The molecule has 0 aliphatic heterocycles. The van der Waals surface area contributed by atoms with E-state index in [-0.39, 0.29) is 5.41 Å². The molecule has 2 N–H and O–H groups in total. The van der Waals surface area contributed by atoms with Crippen LogP contribution in [0.15, 0.2) is 12.2 Å². The van der Waals surface area contributed by atoms with Gasteiger partial charge in [0.1, 0.15) is 5.41 Å². The van der Waals surface area contributed by atoms with Gasteiger partial charge in [-0.1, -0.05) is 0 Å². The van der Waals surface area contributed by atoms with E-state index in [0.717, 1.165) is 54.9 Å². The highest BCUT2D eigenvalue weighted by Crippen LogP contribution is 2.13. The summed E-state index contributed by atoms with van der Waals surface area (Å²) in [6.45, 7) is 6.19. The van der Waals surface area contributed by atoms with Gasteiger partial charge in [0, 0.05) is 39.6 Å². The van der Waals surface area contributed by atoms with Crippen molar-refractivity contribution in [3.63, 3.8) is 0 Å². The number of nitrogens with two attached hydrogens (primary N) is 1. The molecule has 0 amide bonds. The Bertz CT molecular complexity index is 367. The predicted octanol–water partition coefficient (Wildman–Crippen LogP) is 0.113. The standard InChI is InChI=1S/C9H23NO3Si.C8H12O4/c1-11-9(14,12-2)5-3-7-13-8-4-6-10;1-3-11-7(9)5-6-8(10)12-4-2/h3-8,10H2,1-2,14H3;5-6H,3-4H2,1-2H3. The fraction of sp³-hybridized carbons (Fsp3) is 0.765. The summed E-state index contributed by atoms with van der Waals surface area (Å²) in [4.78, 5) is 21.3. The van der Waals surface area contributed by atoms with Gasteiger partial charge in [-0.3, -0.25) is 0 Å². The average molecular weight is 394 g/mol. The molecule has 0 aromatic heterocycles. The number of rotatable bonds is 13. The minimum atomic E-state index is -0.537. The van der Waals surface area contributed by atoms with Crippen molar-refractivity contribution < 1.29 is 33.3 Å². The SMILES string of the molecule is CCOC(=O)C=CC(=O)OCC.COC([SiH3])(CCCOCCCN)OC. The predicted molar refractivity (Wildman–Crippen MR) is 103 cm³/mol. The summed E-state index contributed by atoms with van der Waals surface area (Å²) in [5.41, 5.74) is 5.01. The lowest BCUT2D eigenvalue weighted by Gasteiger charge is -2.26. The zero-order chi connectivity index (χ0) is 20.3. The molecular formula is C17H35NO7Si. The van der Waals surface area contributed by atoms with Crippen LogP contribution < -0.4 is 5.73 Å². The quantitative estimate of drug-likeness (QED) is 0.155. The molecule has 0 atom stereocenters. The van der Waals surface area contributed by atoms with Crippen LogP contribution >= 0.6 is 0 Å². The van der Waals surface area contributed by atoms with Gasteiger partial charge in [-0.2, -0.15) is 0 Å². The largest absolute Gasteiger partial charge is 0.463 e. The zero-order valence-corrected chi connectivity index (χ0v) is 18.7. The van der Waals surface area contributed by atoms with Crippen LogP contribution in [-0.2, 0) is 33.3 Å². The lowest BCUT2D eigenvalue weighted by atomic mass is 10.3. The molecule has 0 spiro atoms. The Hall–Kier alpha value is -1.26. The van der Waals surface area contributed by atoms with Crippen molar-refractivity contribution >= 4 is 22.2 Å². The number of carbonyl (C=O) groups excluding carboxylic acids is 2. The molecule has 0 aromatic rings. The first-order valence-electron chi connectivity index (χ1n) is 8.78. The molecule has 0 aliphatic rings. The first-order valence-corrected chi connectivity index (χ1v) is 9.78. The van der Waals surface area contributed by atoms with E-state index < -0.39 is 11.9 Å². The van der Waals surface area contributed by atoms with Gasteiger partial charge >= 0.3 is 11.9 Å². The van der Waals surface area contributed by atoms with E-state index in [2.05, 4.69) is 9.47 Å². The van der Waals surface area contributed by atoms with Gasteiger partial charge in [-0.15, -0.1) is 0 Å². The molecule has 0 aromatic carbocycles. The maximum atomic E-state index is 10.6. The number of carbonyl (C=O) groups is 2. The summed E-state index contributed by atoms with van der Waals surface area (Å²) in [5.74, 6) is -1.07. The van der Waals surface area contributed by atoms with Crippen molar-refractivity contribution in [3.05, 3.63) is 12.2 Å². The van der Waals surface area contributed by atoms with Crippen molar-refractivity contribution in [1.82, 2.24) is 0 Å². The Labute approximate surface area is 159 Å². The van der Waals surface area contributed by atoms with Crippen LogP contribution in [-0.4, -0.2) is 74.8 Å².